The van der Waals surface area contributed by atoms with E-state index >= 15 is 0 Å². The highest BCUT2D eigenvalue weighted by Gasteiger charge is 2.37. The van der Waals surface area contributed by atoms with Crippen molar-refractivity contribution in [3.05, 3.63) is 35.4 Å². The molecule has 0 saturated heterocycles. The van der Waals surface area contributed by atoms with Gasteiger partial charge in [0.2, 0.25) is 11.8 Å². The number of carbonyl (C=O) groups is 2. The van der Waals surface area contributed by atoms with Gasteiger partial charge in [-0.2, -0.15) is 0 Å². The van der Waals surface area contributed by atoms with E-state index in [1.807, 2.05) is 32.0 Å². The van der Waals surface area contributed by atoms with Crippen molar-refractivity contribution in [2.75, 3.05) is 6.54 Å². The van der Waals surface area contributed by atoms with Crippen LogP contribution < -0.4 is 5.32 Å². The largest absolute Gasteiger partial charge is 0.351 e. The Balaban J connectivity index is 1.89. The smallest absolute Gasteiger partial charge is 0.247 e. The molecule has 1 aliphatic carbocycles. The molecule has 2 amide bonds. The molecular formula is C19H26N2O2. The minimum atomic E-state index is -0.476. The second kappa shape index (κ2) is 6.73. The monoisotopic (exact) mass is 314 g/mol. The third kappa shape index (κ3) is 3.26. The van der Waals surface area contributed by atoms with Gasteiger partial charge in [-0.05, 0) is 30.4 Å². The molecular weight excluding hydrogens is 288 g/mol. The number of fused-ring (bicyclic) bond motifs is 1. The maximum Gasteiger partial charge on any atom is 0.247 e. The molecule has 1 N–H and O–H groups in total. The van der Waals surface area contributed by atoms with E-state index < -0.39 is 6.04 Å². The average molecular weight is 314 g/mol. The Hall–Kier alpha value is -1.84. The first-order chi connectivity index (χ1) is 11.1. The molecule has 1 saturated carbocycles. The van der Waals surface area contributed by atoms with Crippen molar-refractivity contribution >= 4 is 11.8 Å². The van der Waals surface area contributed by atoms with Gasteiger partial charge in [0, 0.05) is 18.5 Å². The molecule has 0 aromatic heterocycles. The Morgan fingerprint density at radius 3 is 2.57 bits per heavy atom. The number of rotatable bonds is 3. The molecule has 1 aliphatic heterocycles. The predicted molar refractivity (Wildman–Crippen MR) is 89.8 cm³/mol. The molecule has 4 nitrogen and oxygen atoms in total. The van der Waals surface area contributed by atoms with E-state index in [4.69, 9.17) is 0 Å². The number of benzene rings is 1. The lowest BCUT2D eigenvalue weighted by Crippen LogP contribution is -2.50. The lowest BCUT2D eigenvalue weighted by atomic mass is 9.91. The number of carbonyl (C=O) groups excluding carboxylic acids is 2. The van der Waals surface area contributed by atoms with Gasteiger partial charge < -0.3 is 10.2 Å². The SMILES string of the molecule is CC(C)C(=O)N1CCc2ccccc2C1C(=O)NC1CCCC1. The third-order valence-corrected chi connectivity index (χ3v) is 5.01. The van der Waals surface area contributed by atoms with Crippen LogP contribution in [0.2, 0.25) is 0 Å². The van der Waals surface area contributed by atoms with Crippen molar-refractivity contribution in [1.29, 1.82) is 0 Å². The van der Waals surface area contributed by atoms with Gasteiger partial charge in [0.05, 0.1) is 0 Å². The molecule has 1 unspecified atom stereocenters. The maximum atomic E-state index is 12.9. The zero-order chi connectivity index (χ0) is 16.4. The summed E-state index contributed by atoms with van der Waals surface area (Å²) in [5.74, 6) is -0.0498. The van der Waals surface area contributed by atoms with Crippen LogP contribution in [0.25, 0.3) is 0 Å². The highest BCUT2D eigenvalue weighted by Crippen LogP contribution is 2.31. The van der Waals surface area contributed by atoms with Gasteiger partial charge in [0.25, 0.3) is 0 Å². The number of nitrogens with zero attached hydrogens (tertiary/aromatic N) is 1. The fourth-order valence-corrected chi connectivity index (χ4v) is 3.77. The first-order valence-corrected chi connectivity index (χ1v) is 8.76. The van der Waals surface area contributed by atoms with Crippen LogP contribution >= 0.6 is 0 Å². The second-order valence-corrected chi connectivity index (χ2v) is 7.03. The molecule has 1 atom stereocenters. The molecule has 0 bridgehead atoms. The lowest BCUT2D eigenvalue weighted by Gasteiger charge is -2.37. The zero-order valence-corrected chi connectivity index (χ0v) is 14.0. The number of amides is 2. The number of hydrogen-bond donors (Lipinski definition) is 1. The lowest BCUT2D eigenvalue weighted by molar-refractivity contribution is -0.144. The molecule has 3 rings (SSSR count). The molecule has 0 spiro atoms. The summed E-state index contributed by atoms with van der Waals surface area (Å²) in [4.78, 5) is 27.3. The minimum Gasteiger partial charge on any atom is -0.351 e. The molecule has 1 aromatic rings. The summed E-state index contributed by atoms with van der Waals surface area (Å²) in [6.07, 6.45) is 5.29. The summed E-state index contributed by atoms with van der Waals surface area (Å²) < 4.78 is 0. The summed E-state index contributed by atoms with van der Waals surface area (Å²) in [7, 11) is 0. The van der Waals surface area contributed by atoms with E-state index in [2.05, 4.69) is 11.4 Å². The Bertz CT molecular complexity index is 591. The van der Waals surface area contributed by atoms with Crippen LogP contribution in [0, 0.1) is 5.92 Å². The van der Waals surface area contributed by atoms with Crippen LogP contribution in [0.3, 0.4) is 0 Å². The van der Waals surface area contributed by atoms with Crippen LogP contribution in [0.15, 0.2) is 24.3 Å². The van der Waals surface area contributed by atoms with E-state index in [1.165, 1.54) is 18.4 Å². The van der Waals surface area contributed by atoms with E-state index in [0.29, 0.717) is 6.54 Å². The van der Waals surface area contributed by atoms with E-state index in [-0.39, 0.29) is 23.8 Å². The summed E-state index contributed by atoms with van der Waals surface area (Å²) >= 11 is 0. The van der Waals surface area contributed by atoms with Gasteiger partial charge in [0.15, 0.2) is 0 Å². The van der Waals surface area contributed by atoms with E-state index in [1.54, 1.807) is 4.90 Å². The van der Waals surface area contributed by atoms with Crippen molar-refractivity contribution in [2.24, 2.45) is 5.92 Å². The van der Waals surface area contributed by atoms with Gasteiger partial charge in [0.1, 0.15) is 6.04 Å². The molecule has 0 radical (unpaired) electrons. The normalized spacial score (nSPS) is 21.3. The van der Waals surface area contributed by atoms with Crippen LogP contribution in [0.5, 0.6) is 0 Å². The average Bonchev–Trinajstić information content (AvgIpc) is 3.05. The quantitative estimate of drug-likeness (QED) is 0.932. The van der Waals surface area contributed by atoms with Crippen molar-refractivity contribution in [3.63, 3.8) is 0 Å². The van der Waals surface area contributed by atoms with Gasteiger partial charge in [-0.1, -0.05) is 51.0 Å². The van der Waals surface area contributed by atoms with Gasteiger partial charge in [-0.25, -0.2) is 0 Å². The van der Waals surface area contributed by atoms with Crippen LogP contribution in [-0.4, -0.2) is 29.3 Å². The van der Waals surface area contributed by atoms with Crippen molar-refractivity contribution < 1.29 is 9.59 Å². The predicted octanol–water partition coefficient (Wildman–Crippen LogP) is 2.83. The van der Waals surface area contributed by atoms with Gasteiger partial charge in [-0.15, -0.1) is 0 Å². The molecule has 23 heavy (non-hydrogen) atoms. The number of nitrogens with one attached hydrogen (secondary N) is 1. The Kier molecular flexibility index (Phi) is 4.69. The standard InChI is InChI=1S/C19H26N2O2/c1-13(2)19(23)21-12-11-14-7-3-6-10-16(14)17(21)18(22)20-15-8-4-5-9-15/h3,6-7,10,13,15,17H,4-5,8-9,11-12H2,1-2H3,(H,20,22). The van der Waals surface area contributed by atoms with Crippen molar-refractivity contribution in [1.82, 2.24) is 10.2 Å². The van der Waals surface area contributed by atoms with Crippen LogP contribution in [0.4, 0.5) is 0 Å². The maximum absolute atomic E-state index is 12.9. The molecule has 124 valence electrons. The Labute approximate surface area is 138 Å². The topological polar surface area (TPSA) is 49.4 Å². The first-order valence-electron chi connectivity index (χ1n) is 8.76. The third-order valence-electron chi connectivity index (χ3n) is 5.01. The van der Waals surface area contributed by atoms with Gasteiger partial charge in [-0.3, -0.25) is 9.59 Å². The minimum absolute atomic E-state index is 0.0157. The van der Waals surface area contributed by atoms with Crippen molar-refractivity contribution in [3.8, 4) is 0 Å². The van der Waals surface area contributed by atoms with Gasteiger partial charge >= 0.3 is 0 Å². The van der Waals surface area contributed by atoms with Crippen molar-refractivity contribution in [2.45, 2.75) is 58.0 Å². The van der Waals surface area contributed by atoms with Crippen LogP contribution in [-0.2, 0) is 16.0 Å². The molecule has 2 aliphatic rings. The van der Waals surface area contributed by atoms with E-state index in [9.17, 15) is 9.59 Å². The zero-order valence-electron chi connectivity index (χ0n) is 14.0. The highest BCUT2D eigenvalue weighted by atomic mass is 16.2. The molecule has 1 heterocycles. The summed E-state index contributed by atoms with van der Waals surface area (Å²) in [5, 5.41) is 3.18. The molecule has 1 fully saturated rings. The second-order valence-electron chi connectivity index (χ2n) is 7.03. The number of hydrogen-bond acceptors (Lipinski definition) is 2. The Morgan fingerprint density at radius 2 is 1.87 bits per heavy atom. The summed E-state index contributed by atoms with van der Waals surface area (Å²) in [6.45, 7) is 4.42. The van der Waals surface area contributed by atoms with Crippen LogP contribution in [0.1, 0.15) is 56.7 Å². The molecule has 1 aromatic carbocycles. The summed E-state index contributed by atoms with van der Waals surface area (Å²) in [6, 6.07) is 7.82. The first kappa shape index (κ1) is 16.0. The highest BCUT2D eigenvalue weighted by molar-refractivity contribution is 5.90. The van der Waals surface area contributed by atoms with E-state index in [0.717, 1.165) is 24.8 Å². The fourth-order valence-electron chi connectivity index (χ4n) is 3.77. The summed E-state index contributed by atoms with van der Waals surface area (Å²) in [5.41, 5.74) is 2.18. The Morgan fingerprint density at radius 1 is 1.17 bits per heavy atom. The molecule has 4 heteroatoms. The fraction of sp³-hybridized carbons (Fsp3) is 0.579.